The van der Waals surface area contributed by atoms with Gasteiger partial charge < -0.3 is 15.4 Å². The number of hydrogen-bond donors (Lipinski definition) is 2. The summed E-state index contributed by atoms with van der Waals surface area (Å²) in [6.45, 7) is 5.50. The van der Waals surface area contributed by atoms with E-state index in [4.69, 9.17) is 4.74 Å². The van der Waals surface area contributed by atoms with Gasteiger partial charge in [0.05, 0.1) is 17.7 Å². The summed E-state index contributed by atoms with van der Waals surface area (Å²) >= 11 is 3.47. The minimum atomic E-state index is -0.541. The first-order valence-corrected chi connectivity index (χ1v) is 7.97. The van der Waals surface area contributed by atoms with Gasteiger partial charge >= 0.3 is 12.0 Å². The quantitative estimate of drug-likeness (QED) is 0.802. The van der Waals surface area contributed by atoms with Gasteiger partial charge in [-0.25, -0.2) is 9.59 Å². The molecule has 0 fully saturated rings. The summed E-state index contributed by atoms with van der Waals surface area (Å²) < 4.78 is 6.26. The van der Waals surface area contributed by atoms with Crippen LogP contribution in [0.15, 0.2) is 40.0 Å². The molecule has 118 valence electrons. The molecular formula is C16H19BrN2O3. The average Bonchev–Trinajstić information content (AvgIpc) is 2.46. The summed E-state index contributed by atoms with van der Waals surface area (Å²) in [5, 5.41) is 5.42. The molecule has 0 saturated carbocycles. The SMILES string of the molecule is CC[C@H](C)OC(=O)C1=C(C)NC(=O)N[C@@H]1c1ccccc1Br. The first-order valence-electron chi connectivity index (χ1n) is 7.17. The lowest BCUT2D eigenvalue weighted by molar-refractivity contribution is -0.144. The van der Waals surface area contributed by atoms with Crippen LogP contribution in [0.4, 0.5) is 4.79 Å². The molecule has 0 bridgehead atoms. The van der Waals surface area contributed by atoms with E-state index in [2.05, 4.69) is 26.6 Å². The van der Waals surface area contributed by atoms with Crippen LogP contribution < -0.4 is 10.6 Å². The number of rotatable bonds is 4. The monoisotopic (exact) mass is 366 g/mol. The highest BCUT2D eigenvalue weighted by Gasteiger charge is 2.33. The van der Waals surface area contributed by atoms with Crippen LogP contribution in [0, 0.1) is 0 Å². The van der Waals surface area contributed by atoms with E-state index in [0.717, 1.165) is 16.5 Å². The summed E-state index contributed by atoms with van der Waals surface area (Å²) in [6, 6.07) is 6.60. The predicted molar refractivity (Wildman–Crippen MR) is 87.1 cm³/mol. The Morgan fingerprint density at radius 2 is 2.09 bits per heavy atom. The molecule has 1 aromatic carbocycles. The standard InChI is InChI=1S/C16H19BrN2O3/c1-4-9(2)22-15(20)13-10(3)18-16(21)19-14(13)11-7-5-6-8-12(11)17/h5-9,14H,4H2,1-3H3,(H2,18,19,21)/t9-,14+/m0/s1. The molecule has 1 heterocycles. The molecule has 0 spiro atoms. The van der Waals surface area contributed by atoms with Crippen molar-refractivity contribution >= 4 is 27.9 Å². The Kier molecular flexibility index (Phi) is 5.24. The molecule has 1 aromatic rings. The lowest BCUT2D eigenvalue weighted by Gasteiger charge is -2.29. The second-order valence-corrected chi connectivity index (χ2v) is 6.07. The zero-order valence-electron chi connectivity index (χ0n) is 12.8. The Hall–Kier alpha value is -1.82. The maximum atomic E-state index is 12.5. The molecule has 2 N–H and O–H groups in total. The molecule has 0 aliphatic carbocycles. The van der Waals surface area contributed by atoms with Crippen molar-refractivity contribution in [3.05, 3.63) is 45.6 Å². The highest BCUT2D eigenvalue weighted by atomic mass is 79.9. The number of allylic oxidation sites excluding steroid dienone is 1. The number of esters is 1. The van der Waals surface area contributed by atoms with E-state index in [1.54, 1.807) is 6.92 Å². The van der Waals surface area contributed by atoms with Gasteiger partial charge in [0.15, 0.2) is 0 Å². The first kappa shape index (κ1) is 16.5. The largest absolute Gasteiger partial charge is 0.459 e. The van der Waals surface area contributed by atoms with Crippen LogP contribution in [0.3, 0.4) is 0 Å². The highest BCUT2D eigenvalue weighted by molar-refractivity contribution is 9.10. The molecule has 0 saturated heterocycles. The second kappa shape index (κ2) is 6.96. The van der Waals surface area contributed by atoms with Crippen LogP contribution in [-0.2, 0) is 9.53 Å². The topological polar surface area (TPSA) is 67.4 Å². The summed E-state index contributed by atoms with van der Waals surface area (Å²) in [5.74, 6) is -0.417. The smallest absolute Gasteiger partial charge is 0.338 e. The number of urea groups is 1. The van der Waals surface area contributed by atoms with E-state index < -0.39 is 12.0 Å². The molecule has 2 amide bonds. The average molecular weight is 367 g/mol. The molecule has 2 atom stereocenters. The first-order chi connectivity index (χ1) is 10.4. The zero-order valence-corrected chi connectivity index (χ0v) is 14.4. The van der Waals surface area contributed by atoms with Crippen molar-refractivity contribution in [2.45, 2.75) is 39.3 Å². The second-order valence-electron chi connectivity index (χ2n) is 5.22. The number of amides is 2. The van der Waals surface area contributed by atoms with Crippen LogP contribution in [0.2, 0.25) is 0 Å². The number of halogens is 1. The van der Waals surface area contributed by atoms with Crippen LogP contribution in [0.1, 0.15) is 38.8 Å². The van der Waals surface area contributed by atoms with Gasteiger partial charge in [0.2, 0.25) is 0 Å². The van der Waals surface area contributed by atoms with Gasteiger partial charge in [-0.05, 0) is 31.9 Å². The fraction of sp³-hybridized carbons (Fsp3) is 0.375. The molecule has 1 aliphatic heterocycles. The lowest BCUT2D eigenvalue weighted by Crippen LogP contribution is -2.45. The van der Waals surface area contributed by atoms with E-state index in [0.29, 0.717) is 11.3 Å². The Balaban J connectivity index is 2.41. The van der Waals surface area contributed by atoms with E-state index in [-0.39, 0.29) is 12.1 Å². The Bertz CT molecular complexity index is 628. The lowest BCUT2D eigenvalue weighted by atomic mass is 9.95. The minimum absolute atomic E-state index is 0.176. The molecule has 0 radical (unpaired) electrons. The summed E-state index contributed by atoms with van der Waals surface area (Å²) in [7, 11) is 0. The van der Waals surface area contributed by atoms with E-state index in [1.807, 2.05) is 38.1 Å². The van der Waals surface area contributed by atoms with Gasteiger partial charge in [-0.3, -0.25) is 0 Å². The van der Waals surface area contributed by atoms with Crippen molar-refractivity contribution in [1.29, 1.82) is 0 Å². The molecule has 6 heteroatoms. The van der Waals surface area contributed by atoms with E-state index in [9.17, 15) is 9.59 Å². The van der Waals surface area contributed by atoms with E-state index in [1.165, 1.54) is 0 Å². The Labute approximate surface area is 138 Å². The molecular weight excluding hydrogens is 348 g/mol. The zero-order chi connectivity index (χ0) is 16.3. The Morgan fingerprint density at radius 1 is 1.41 bits per heavy atom. The van der Waals surface area contributed by atoms with Crippen molar-refractivity contribution in [3.63, 3.8) is 0 Å². The third kappa shape index (κ3) is 3.50. The third-order valence-corrected chi connectivity index (χ3v) is 4.31. The van der Waals surface area contributed by atoms with Crippen LogP contribution in [-0.4, -0.2) is 18.1 Å². The summed E-state index contributed by atoms with van der Waals surface area (Å²) in [6.07, 6.45) is 0.558. The van der Waals surface area contributed by atoms with Crippen LogP contribution >= 0.6 is 15.9 Å². The maximum absolute atomic E-state index is 12.5. The molecule has 0 unspecified atom stereocenters. The number of ether oxygens (including phenoxy) is 1. The minimum Gasteiger partial charge on any atom is -0.459 e. The fourth-order valence-electron chi connectivity index (χ4n) is 2.24. The molecule has 22 heavy (non-hydrogen) atoms. The molecule has 2 rings (SSSR count). The number of carbonyl (C=O) groups excluding carboxylic acids is 2. The van der Waals surface area contributed by atoms with Crippen LogP contribution in [0.25, 0.3) is 0 Å². The van der Waals surface area contributed by atoms with Crippen molar-refractivity contribution in [3.8, 4) is 0 Å². The van der Waals surface area contributed by atoms with Crippen molar-refractivity contribution in [1.82, 2.24) is 10.6 Å². The van der Waals surface area contributed by atoms with Gasteiger partial charge in [-0.2, -0.15) is 0 Å². The number of carbonyl (C=O) groups is 2. The van der Waals surface area contributed by atoms with Gasteiger partial charge in [0.1, 0.15) is 0 Å². The van der Waals surface area contributed by atoms with E-state index >= 15 is 0 Å². The number of hydrogen-bond acceptors (Lipinski definition) is 3. The molecule has 5 nitrogen and oxygen atoms in total. The van der Waals surface area contributed by atoms with Gasteiger partial charge in [0.25, 0.3) is 0 Å². The van der Waals surface area contributed by atoms with Crippen molar-refractivity contribution < 1.29 is 14.3 Å². The Morgan fingerprint density at radius 3 is 2.73 bits per heavy atom. The molecule has 0 aromatic heterocycles. The summed E-state index contributed by atoms with van der Waals surface area (Å²) in [5.41, 5.74) is 1.75. The fourth-order valence-corrected chi connectivity index (χ4v) is 2.75. The number of nitrogens with one attached hydrogen (secondary N) is 2. The normalized spacial score (nSPS) is 19.3. The van der Waals surface area contributed by atoms with Crippen molar-refractivity contribution in [2.24, 2.45) is 0 Å². The summed E-state index contributed by atoms with van der Waals surface area (Å²) in [4.78, 5) is 24.3. The highest BCUT2D eigenvalue weighted by Crippen LogP contribution is 2.32. The van der Waals surface area contributed by atoms with Gasteiger partial charge in [0, 0.05) is 10.2 Å². The third-order valence-electron chi connectivity index (χ3n) is 3.59. The van der Waals surface area contributed by atoms with Gasteiger partial charge in [-0.15, -0.1) is 0 Å². The van der Waals surface area contributed by atoms with Gasteiger partial charge in [-0.1, -0.05) is 41.1 Å². The molecule has 1 aliphatic rings. The maximum Gasteiger partial charge on any atom is 0.338 e. The number of benzene rings is 1. The predicted octanol–water partition coefficient (Wildman–Crippen LogP) is 3.42. The van der Waals surface area contributed by atoms with Crippen LogP contribution in [0.5, 0.6) is 0 Å². The van der Waals surface area contributed by atoms with Crippen molar-refractivity contribution in [2.75, 3.05) is 0 Å².